The number of benzene rings is 3. The minimum Gasteiger partial charge on any atom is -0.495 e. The molecule has 0 unspecified atom stereocenters. The van der Waals surface area contributed by atoms with Gasteiger partial charge in [-0.25, -0.2) is 4.98 Å². The molecule has 0 fully saturated rings. The molecule has 0 atom stereocenters. The third-order valence-corrected chi connectivity index (χ3v) is 5.91. The fourth-order valence-electron chi connectivity index (χ4n) is 3.62. The van der Waals surface area contributed by atoms with Crippen LogP contribution < -0.4 is 10.3 Å². The van der Waals surface area contributed by atoms with Crippen molar-refractivity contribution in [1.82, 2.24) is 9.55 Å². The van der Waals surface area contributed by atoms with Crippen LogP contribution in [-0.2, 0) is 5.41 Å². The molecule has 1 heterocycles. The normalized spacial score (nSPS) is 11.9. The first-order chi connectivity index (χ1) is 15.7. The maximum atomic E-state index is 13.6. The molecule has 3 aromatic carbocycles. The van der Waals surface area contributed by atoms with Crippen LogP contribution in [0, 0.1) is 0 Å². The second kappa shape index (κ2) is 9.05. The van der Waals surface area contributed by atoms with Gasteiger partial charge in [0.15, 0.2) is 0 Å². The summed E-state index contributed by atoms with van der Waals surface area (Å²) in [6.07, 6.45) is 3.74. The topological polar surface area (TPSA) is 44.1 Å². The zero-order valence-electron chi connectivity index (χ0n) is 18.9. The second-order valence-corrected chi connectivity index (χ2v) is 9.67. The average Bonchev–Trinajstić information content (AvgIpc) is 2.77. The Kier molecular flexibility index (Phi) is 6.33. The largest absolute Gasteiger partial charge is 0.495 e. The molecule has 33 heavy (non-hydrogen) atoms. The molecule has 1 aromatic heterocycles. The average molecular weight is 479 g/mol. The van der Waals surface area contributed by atoms with Crippen molar-refractivity contribution in [2.45, 2.75) is 26.2 Å². The van der Waals surface area contributed by atoms with E-state index in [2.05, 4.69) is 45.0 Å². The minimum atomic E-state index is -0.236. The Hall–Kier alpha value is -3.08. The van der Waals surface area contributed by atoms with Gasteiger partial charge in [0.05, 0.1) is 23.7 Å². The molecule has 0 N–H and O–H groups in total. The van der Waals surface area contributed by atoms with Crippen LogP contribution in [0.25, 0.3) is 28.7 Å². The van der Waals surface area contributed by atoms with Crippen molar-refractivity contribution in [3.8, 4) is 11.4 Å². The molecule has 0 bridgehead atoms. The number of methoxy groups -OCH3 is 1. The quantitative estimate of drug-likeness (QED) is 0.312. The van der Waals surface area contributed by atoms with Gasteiger partial charge in [0.25, 0.3) is 5.56 Å². The van der Waals surface area contributed by atoms with Crippen LogP contribution in [0.4, 0.5) is 0 Å². The van der Waals surface area contributed by atoms with Gasteiger partial charge in [-0.3, -0.25) is 9.36 Å². The smallest absolute Gasteiger partial charge is 0.266 e. The first-order valence-corrected chi connectivity index (χ1v) is 11.3. The van der Waals surface area contributed by atoms with E-state index in [-0.39, 0.29) is 11.0 Å². The van der Waals surface area contributed by atoms with E-state index in [0.29, 0.717) is 38.2 Å². The summed E-state index contributed by atoms with van der Waals surface area (Å²) in [5.74, 6) is 0.955. The van der Waals surface area contributed by atoms with E-state index in [9.17, 15) is 4.79 Å². The Balaban J connectivity index is 1.91. The fourth-order valence-corrected chi connectivity index (χ4v) is 3.96. The van der Waals surface area contributed by atoms with Gasteiger partial charge >= 0.3 is 0 Å². The lowest BCUT2D eigenvalue weighted by atomic mass is 9.87. The van der Waals surface area contributed by atoms with Crippen molar-refractivity contribution in [1.29, 1.82) is 0 Å². The van der Waals surface area contributed by atoms with E-state index < -0.39 is 0 Å². The van der Waals surface area contributed by atoms with Gasteiger partial charge in [0.2, 0.25) is 0 Å². The van der Waals surface area contributed by atoms with Crippen molar-refractivity contribution in [3.63, 3.8) is 0 Å². The van der Waals surface area contributed by atoms with Crippen molar-refractivity contribution in [2.75, 3.05) is 7.11 Å². The number of hydrogen-bond acceptors (Lipinski definition) is 3. The number of rotatable bonds is 4. The first kappa shape index (κ1) is 23.1. The van der Waals surface area contributed by atoms with Crippen LogP contribution in [0.3, 0.4) is 0 Å². The van der Waals surface area contributed by atoms with Crippen LogP contribution in [0.1, 0.15) is 37.7 Å². The van der Waals surface area contributed by atoms with E-state index >= 15 is 0 Å². The van der Waals surface area contributed by atoms with Gasteiger partial charge in [-0.1, -0.05) is 74.3 Å². The molecule has 0 radical (unpaired) electrons. The molecule has 4 nitrogen and oxygen atoms in total. The summed E-state index contributed by atoms with van der Waals surface area (Å²) in [6, 6.07) is 18.5. The Labute approximate surface area is 203 Å². The predicted octanol–water partition coefficient (Wildman–Crippen LogP) is 7.17. The molecule has 0 saturated heterocycles. The highest BCUT2D eigenvalue weighted by Gasteiger charge is 2.16. The lowest BCUT2D eigenvalue weighted by Gasteiger charge is -2.18. The molecule has 4 aromatic rings. The Bertz CT molecular complexity index is 1420. The third kappa shape index (κ3) is 4.82. The van der Waals surface area contributed by atoms with Crippen LogP contribution in [0.2, 0.25) is 10.0 Å². The summed E-state index contributed by atoms with van der Waals surface area (Å²) in [5.41, 5.74) is 3.12. The molecular formula is C27H24Cl2N2O2. The molecule has 0 amide bonds. The van der Waals surface area contributed by atoms with Gasteiger partial charge in [0, 0.05) is 10.0 Å². The standard InChI is InChI=1S/C27H24Cl2N2O2/c1-27(2,3)18-8-5-17(6-9-18)7-14-25-30-22-15-19(28)10-12-21(22)26(32)31(25)23-16-20(29)11-13-24(23)33-4/h5-16H,1-4H3. The van der Waals surface area contributed by atoms with Crippen LogP contribution in [0.15, 0.2) is 65.5 Å². The molecule has 168 valence electrons. The number of hydrogen-bond donors (Lipinski definition) is 0. The number of fused-ring (bicyclic) bond motifs is 1. The Morgan fingerprint density at radius 1 is 0.909 bits per heavy atom. The van der Waals surface area contributed by atoms with Gasteiger partial charge in [0.1, 0.15) is 11.6 Å². The van der Waals surface area contributed by atoms with Gasteiger partial charge in [-0.05, 0) is 59.0 Å². The van der Waals surface area contributed by atoms with E-state index in [1.165, 1.54) is 10.1 Å². The van der Waals surface area contributed by atoms with E-state index in [4.69, 9.17) is 32.9 Å². The van der Waals surface area contributed by atoms with E-state index in [1.54, 1.807) is 43.5 Å². The van der Waals surface area contributed by atoms with Gasteiger partial charge in [-0.2, -0.15) is 0 Å². The molecule has 0 aliphatic rings. The first-order valence-electron chi connectivity index (χ1n) is 10.5. The summed E-state index contributed by atoms with van der Waals surface area (Å²) < 4.78 is 7.03. The zero-order chi connectivity index (χ0) is 23.8. The summed E-state index contributed by atoms with van der Waals surface area (Å²) in [5, 5.41) is 1.45. The summed E-state index contributed by atoms with van der Waals surface area (Å²) in [6.45, 7) is 6.54. The fraction of sp³-hybridized carbons (Fsp3) is 0.185. The molecule has 0 spiro atoms. The molecule has 6 heteroatoms. The van der Waals surface area contributed by atoms with Crippen molar-refractivity contribution in [3.05, 3.63) is 98.0 Å². The highest BCUT2D eigenvalue weighted by molar-refractivity contribution is 6.31. The van der Waals surface area contributed by atoms with Gasteiger partial charge in [-0.15, -0.1) is 0 Å². The maximum Gasteiger partial charge on any atom is 0.266 e. The number of ether oxygens (including phenoxy) is 1. The molecule has 0 saturated carbocycles. The molecular weight excluding hydrogens is 455 g/mol. The van der Waals surface area contributed by atoms with Crippen molar-refractivity contribution in [2.24, 2.45) is 0 Å². The van der Waals surface area contributed by atoms with E-state index in [0.717, 1.165) is 5.56 Å². The van der Waals surface area contributed by atoms with E-state index in [1.807, 2.05) is 12.2 Å². The molecule has 4 rings (SSSR count). The molecule has 0 aliphatic carbocycles. The summed E-state index contributed by atoms with van der Waals surface area (Å²) >= 11 is 12.4. The predicted molar refractivity (Wildman–Crippen MR) is 138 cm³/mol. The number of nitrogens with zero attached hydrogens (tertiary/aromatic N) is 2. The number of halogens is 2. The van der Waals surface area contributed by atoms with Crippen molar-refractivity contribution >= 4 is 46.3 Å². The lowest BCUT2D eigenvalue weighted by molar-refractivity contribution is 0.412. The monoisotopic (exact) mass is 478 g/mol. The van der Waals surface area contributed by atoms with Gasteiger partial charge < -0.3 is 4.74 Å². The highest BCUT2D eigenvalue weighted by atomic mass is 35.5. The molecule has 0 aliphatic heterocycles. The minimum absolute atomic E-state index is 0.0744. The highest BCUT2D eigenvalue weighted by Crippen LogP contribution is 2.28. The Morgan fingerprint density at radius 3 is 2.24 bits per heavy atom. The van der Waals surface area contributed by atoms with Crippen LogP contribution >= 0.6 is 23.2 Å². The van der Waals surface area contributed by atoms with Crippen molar-refractivity contribution < 1.29 is 4.74 Å². The third-order valence-electron chi connectivity index (χ3n) is 5.44. The lowest BCUT2D eigenvalue weighted by Crippen LogP contribution is -2.23. The number of aromatic nitrogens is 2. The zero-order valence-corrected chi connectivity index (χ0v) is 20.4. The van der Waals surface area contributed by atoms with Crippen LogP contribution in [0.5, 0.6) is 5.75 Å². The van der Waals surface area contributed by atoms with Crippen LogP contribution in [-0.4, -0.2) is 16.7 Å². The maximum absolute atomic E-state index is 13.6. The summed E-state index contributed by atoms with van der Waals surface area (Å²) in [4.78, 5) is 18.3. The Morgan fingerprint density at radius 2 is 1.58 bits per heavy atom. The summed E-state index contributed by atoms with van der Waals surface area (Å²) in [7, 11) is 1.55. The second-order valence-electron chi connectivity index (χ2n) is 8.79. The SMILES string of the molecule is COc1ccc(Cl)cc1-n1c(C=Cc2ccc(C(C)(C)C)cc2)nc2cc(Cl)ccc2c1=O.